The van der Waals surface area contributed by atoms with E-state index in [1.165, 1.54) is 39.0 Å². The molecule has 8 rings (SSSR count). The van der Waals surface area contributed by atoms with Crippen LogP contribution in [0.3, 0.4) is 0 Å². The summed E-state index contributed by atoms with van der Waals surface area (Å²) >= 11 is 0. The Balaban J connectivity index is 1.41. The third-order valence-electron chi connectivity index (χ3n) is 11.4. The van der Waals surface area contributed by atoms with Crippen molar-refractivity contribution in [2.24, 2.45) is 10.9 Å². The van der Waals surface area contributed by atoms with Crippen molar-refractivity contribution in [3.05, 3.63) is 244 Å². The summed E-state index contributed by atoms with van der Waals surface area (Å²) < 4.78 is 6.66. The lowest BCUT2D eigenvalue weighted by atomic mass is 9.61. The molecule has 6 aromatic rings. The molecule has 0 radical (unpaired) electrons. The van der Waals surface area contributed by atoms with Crippen molar-refractivity contribution in [2.45, 2.75) is 45.6 Å². The molecular formula is C53H47NO. The molecule has 0 spiro atoms. The highest BCUT2D eigenvalue weighted by Crippen LogP contribution is 2.57. The summed E-state index contributed by atoms with van der Waals surface area (Å²) in [4.78, 5) is 5.55. The van der Waals surface area contributed by atoms with Crippen LogP contribution in [0.2, 0.25) is 0 Å². The average Bonchev–Trinajstić information content (AvgIpc) is 3.23. The third kappa shape index (κ3) is 6.42. The molecule has 0 bridgehead atoms. The standard InChI is InChI=1S/C53H47NO/c1-36(2)51(40-23-9-6-10-24-40)54-52(41-25-11-7-12-26-41)39(5)38(4)50-37(3)22-21-30-44(50)43-29-15-16-31-45(43)53(42-27-13-8-14-28-42)46-32-17-19-34-48(46)55-49-35-20-18-33-47(49)53/h6-21,23-35,37,51H,1,22H2,2-5H3/b39-38+,54-52?/t37-,51?/m0/s1. The fourth-order valence-electron chi connectivity index (χ4n) is 8.75. The maximum absolute atomic E-state index is 6.66. The molecule has 0 saturated carbocycles. The molecule has 1 aliphatic heterocycles. The SMILES string of the molecule is C=C(C)C(N=C(/C(C)=C(\C)C1=C(c2ccccc2C2(c3ccccc3)c3ccccc3Oc3ccccc32)C=CC[C@@H]1C)c1ccccc1)c1ccccc1. The summed E-state index contributed by atoms with van der Waals surface area (Å²) in [5.74, 6) is 2.04. The second kappa shape index (κ2) is 15.2. The molecule has 0 aromatic heterocycles. The van der Waals surface area contributed by atoms with Crippen LogP contribution in [-0.2, 0) is 5.41 Å². The molecule has 2 nitrogen and oxygen atoms in total. The molecule has 0 saturated heterocycles. The number of nitrogens with zero attached hydrogens (tertiary/aromatic N) is 1. The van der Waals surface area contributed by atoms with E-state index in [1.54, 1.807) is 0 Å². The second-order valence-corrected chi connectivity index (χ2v) is 14.9. The maximum Gasteiger partial charge on any atom is 0.132 e. The van der Waals surface area contributed by atoms with Gasteiger partial charge in [-0.25, -0.2) is 0 Å². The van der Waals surface area contributed by atoms with Crippen LogP contribution in [0.5, 0.6) is 11.5 Å². The lowest BCUT2D eigenvalue weighted by Gasteiger charge is -2.43. The molecule has 2 atom stereocenters. The van der Waals surface area contributed by atoms with E-state index in [0.717, 1.165) is 51.5 Å². The lowest BCUT2D eigenvalue weighted by Crippen LogP contribution is -2.35. The number of fused-ring (bicyclic) bond motifs is 2. The fraction of sp³-hybridized carbons (Fsp3) is 0.151. The predicted octanol–water partition coefficient (Wildman–Crippen LogP) is 13.7. The molecule has 0 amide bonds. The van der Waals surface area contributed by atoms with Gasteiger partial charge in [0.15, 0.2) is 0 Å². The van der Waals surface area contributed by atoms with Gasteiger partial charge in [-0.05, 0) is 95.4 Å². The van der Waals surface area contributed by atoms with Crippen LogP contribution >= 0.6 is 0 Å². The molecule has 2 aliphatic rings. The monoisotopic (exact) mass is 713 g/mol. The molecule has 0 N–H and O–H groups in total. The van der Waals surface area contributed by atoms with Gasteiger partial charge in [0.2, 0.25) is 0 Å². The smallest absolute Gasteiger partial charge is 0.132 e. The van der Waals surface area contributed by atoms with E-state index in [-0.39, 0.29) is 12.0 Å². The summed E-state index contributed by atoms with van der Waals surface area (Å²) in [6.45, 7) is 13.4. The van der Waals surface area contributed by atoms with E-state index in [2.05, 4.69) is 210 Å². The highest BCUT2D eigenvalue weighted by molar-refractivity contribution is 6.13. The molecule has 1 aliphatic carbocycles. The molecule has 55 heavy (non-hydrogen) atoms. The van der Waals surface area contributed by atoms with Gasteiger partial charge >= 0.3 is 0 Å². The highest BCUT2D eigenvalue weighted by Gasteiger charge is 2.46. The molecule has 2 heteroatoms. The molecular weight excluding hydrogens is 667 g/mol. The van der Waals surface area contributed by atoms with Gasteiger partial charge in [-0.3, -0.25) is 4.99 Å². The number of aliphatic imine (C=N–C) groups is 1. The Morgan fingerprint density at radius 2 is 1.18 bits per heavy atom. The first kappa shape index (κ1) is 35.8. The number of hydrogen-bond donors (Lipinski definition) is 0. The average molecular weight is 714 g/mol. The number of rotatable bonds is 9. The number of para-hydroxylation sites is 2. The van der Waals surface area contributed by atoms with Crippen LogP contribution in [0, 0.1) is 5.92 Å². The maximum atomic E-state index is 6.66. The minimum Gasteiger partial charge on any atom is -0.457 e. The Bertz CT molecular complexity index is 2440. The van der Waals surface area contributed by atoms with Crippen LogP contribution in [-0.4, -0.2) is 5.71 Å². The predicted molar refractivity (Wildman–Crippen MR) is 230 cm³/mol. The topological polar surface area (TPSA) is 21.6 Å². The fourth-order valence-corrected chi connectivity index (χ4v) is 8.75. The van der Waals surface area contributed by atoms with Crippen molar-refractivity contribution in [3.63, 3.8) is 0 Å². The number of allylic oxidation sites excluding steroid dienone is 6. The first-order valence-corrected chi connectivity index (χ1v) is 19.3. The highest BCUT2D eigenvalue weighted by atomic mass is 16.5. The number of hydrogen-bond acceptors (Lipinski definition) is 2. The summed E-state index contributed by atoms with van der Waals surface area (Å²) in [6.07, 6.45) is 5.68. The van der Waals surface area contributed by atoms with Crippen molar-refractivity contribution in [3.8, 4) is 11.5 Å². The Labute approximate surface area is 326 Å². The summed E-state index contributed by atoms with van der Waals surface area (Å²) in [5.41, 5.74) is 14.5. The van der Waals surface area contributed by atoms with Gasteiger partial charge in [0.05, 0.1) is 17.2 Å². The van der Waals surface area contributed by atoms with Gasteiger partial charge in [0, 0.05) is 11.1 Å². The minimum atomic E-state index is -0.635. The van der Waals surface area contributed by atoms with Gasteiger partial charge in [-0.1, -0.05) is 183 Å². The Morgan fingerprint density at radius 3 is 1.80 bits per heavy atom. The third-order valence-corrected chi connectivity index (χ3v) is 11.4. The van der Waals surface area contributed by atoms with E-state index < -0.39 is 5.41 Å². The number of ether oxygens (including phenoxy) is 1. The zero-order chi connectivity index (χ0) is 37.9. The Hall–Kier alpha value is -6.25. The van der Waals surface area contributed by atoms with Crippen LogP contribution in [0.25, 0.3) is 5.57 Å². The minimum absolute atomic E-state index is 0.170. The largest absolute Gasteiger partial charge is 0.457 e. The number of benzene rings is 6. The van der Waals surface area contributed by atoms with Crippen LogP contribution in [0.15, 0.2) is 210 Å². The van der Waals surface area contributed by atoms with Gasteiger partial charge in [-0.2, -0.15) is 0 Å². The molecule has 270 valence electrons. The van der Waals surface area contributed by atoms with Crippen molar-refractivity contribution < 1.29 is 4.74 Å². The molecule has 1 heterocycles. The van der Waals surface area contributed by atoms with E-state index in [0.29, 0.717) is 0 Å². The van der Waals surface area contributed by atoms with E-state index in [1.807, 2.05) is 0 Å². The molecule has 1 unspecified atom stereocenters. The summed E-state index contributed by atoms with van der Waals surface area (Å²) in [7, 11) is 0. The van der Waals surface area contributed by atoms with Crippen LogP contribution in [0.4, 0.5) is 0 Å². The van der Waals surface area contributed by atoms with Crippen molar-refractivity contribution >= 4 is 11.3 Å². The molecule has 6 aromatic carbocycles. The van der Waals surface area contributed by atoms with Crippen molar-refractivity contribution in [2.75, 3.05) is 0 Å². The zero-order valence-electron chi connectivity index (χ0n) is 32.2. The zero-order valence-corrected chi connectivity index (χ0v) is 32.2. The molecule has 0 fully saturated rings. The van der Waals surface area contributed by atoms with Crippen molar-refractivity contribution in [1.29, 1.82) is 0 Å². The van der Waals surface area contributed by atoms with Crippen LogP contribution < -0.4 is 4.74 Å². The van der Waals surface area contributed by atoms with Gasteiger partial charge < -0.3 is 4.74 Å². The normalized spacial score (nSPS) is 17.0. The van der Waals surface area contributed by atoms with E-state index in [4.69, 9.17) is 9.73 Å². The second-order valence-electron chi connectivity index (χ2n) is 14.9. The van der Waals surface area contributed by atoms with Gasteiger partial charge in [-0.15, -0.1) is 0 Å². The van der Waals surface area contributed by atoms with Crippen molar-refractivity contribution in [1.82, 2.24) is 0 Å². The Morgan fingerprint density at radius 1 is 0.655 bits per heavy atom. The van der Waals surface area contributed by atoms with Crippen LogP contribution in [0.1, 0.15) is 79.1 Å². The van der Waals surface area contributed by atoms with Gasteiger partial charge in [0.25, 0.3) is 0 Å². The van der Waals surface area contributed by atoms with Gasteiger partial charge in [0.1, 0.15) is 11.5 Å². The Kier molecular flexibility index (Phi) is 9.91. The summed E-state index contributed by atoms with van der Waals surface area (Å²) in [6, 6.07) is 58.1. The summed E-state index contributed by atoms with van der Waals surface area (Å²) in [5, 5.41) is 0. The first-order valence-electron chi connectivity index (χ1n) is 19.3. The quantitative estimate of drug-likeness (QED) is 0.108. The van der Waals surface area contributed by atoms with E-state index >= 15 is 0 Å². The van der Waals surface area contributed by atoms with E-state index in [9.17, 15) is 0 Å². The first-order chi connectivity index (χ1) is 26.9. The lowest BCUT2D eigenvalue weighted by molar-refractivity contribution is 0.434.